The van der Waals surface area contributed by atoms with Gasteiger partial charge in [-0.25, -0.2) is 0 Å². The van der Waals surface area contributed by atoms with Gasteiger partial charge in [-0.15, -0.1) is 0 Å². The van der Waals surface area contributed by atoms with Gasteiger partial charge < -0.3 is 14.8 Å². The first-order chi connectivity index (χ1) is 13.3. The second kappa shape index (κ2) is 8.68. The average molecular weight is 386 g/mol. The van der Waals surface area contributed by atoms with E-state index in [-0.39, 0.29) is 0 Å². The van der Waals surface area contributed by atoms with Crippen LogP contribution in [0.3, 0.4) is 0 Å². The highest BCUT2D eigenvalue weighted by molar-refractivity contribution is 5.76. The minimum Gasteiger partial charge on any atom is -0.497 e. The molecule has 0 bridgehead atoms. The number of aromatic nitrogens is 1. The summed E-state index contributed by atoms with van der Waals surface area (Å²) in [5.41, 5.74) is -0.995. The minimum atomic E-state index is -0.783. The fourth-order valence-electron chi connectivity index (χ4n) is 2.61. The molecule has 28 heavy (non-hydrogen) atoms. The zero-order chi connectivity index (χ0) is 20.8. The Hall–Kier alpha value is -3.87. The van der Waals surface area contributed by atoms with E-state index in [9.17, 15) is 19.7 Å². The molecule has 0 aliphatic carbocycles. The number of carbonyl (C=O) groups is 1. The van der Waals surface area contributed by atoms with E-state index in [1.54, 1.807) is 31.2 Å². The molecular formula is C18H18N4O6. The predicted molar refractivity (Wildman–Crippen MR) is 98.2 cm³/mol. The number of hydrogen-bond acceptors (Lipinski definition) is 7. The first-order valence-electron chi connectivity index (χ1n) is 8.11. The standard InChI is InChI=1S/C18H18N4O6/c1-11(15-7-14(27-2)4-5-16(15)28-3)20-17(23)10-21-9-13(22(25)26)6-12(8-19)18(21)24/h4-7,9,11H,10H2,1-3H3,(H,20,23)/t11-/m0/s1. The van der Waals surface area contributed by atoms with Crippen LogP contribution in [0.2, 0.25) is 0 Å². The van der Waals surface area contributed by atoms with Crippen LogP contribution < -0.4 is 20.3 Å². The smallest absolute Gasteiger partial charge is 0.287 e. The normalized spacial score (nSPS) is 11.2. The van der Waals surface area contributed by atoms with Crippen molar-refractivity contribution in [1.82, 2.24) is 9.88 Å². The maximum Gasteiger partial charge on any atom is 0.287 e. The summed E-state index contributed by atoms with van der Waals surface area (Å²) in [6.07, 6.45) is 0.930. The lowest BCUT2D eigenvalue weighted by Crippen LogP contribution is -2.34. The lowest BCUT2D eigenvalue weighted by Gasteiger charge is -2.18. The van der Waals surface area contributed by atoms with Crippen molar-refractivity contribution in [1.29, 1.82) is 5.26 Å². The molecule has 1 atom stereocenters. The molecule has 0 unspecified atom stereocenters. The summed E-state index contributed by atoms with van der Waals surface area (Å²) in [5.74, 6) is 0.544. The van der Waals surface area contributed by atoms with Gasteiger partial charge >= 0.3 is 0 Å². The SMILES string of the molecule is COc1ccc(OC)c([C@H](C)NC(=O)Cn2cc([N+](=O)[O-])cc(C#N)c2=O)c1. The zero-order valence-corrected chi connectivity index (χ0v) is 15.5. The van der Waals surface area contributed by atoms with Crippen LogP contribution in [-0.2, 0) is 11.3 Å². The largest absolute Gasteiger partial charge is 0.497 e. The average Bonchev–Trinajstić information content (AvgIpc) is 2.68. The van der Waals surface area contributed by atoms with Crippen LogP contribution in [-0.4, -0.2) is 29.6 Å². The van der Waals surface area contributed by atoms with Gasteiger partial charge in [-0.1, -0.05) is 0 Å². The van der Waals surface area contributed by atoms with Crippen LogP contribution in [0, 0.1) is 21.4 Å². The van der Waals surface area contributed by atoms with Gasteiger partial charge in [-0.2, -0.15) is 5.26 Å². The third-order valence-corrected chi connectivity index (χ3v) is 4.00. The van der Waals surface area contributed by atoms with Crippen molar-refractivity contribution in [3.8, 4) is 17.6 Å². The fourth-order valence-corrected chi connectivity index (χ4v) is 2.61. The van der Waals surface area contributed by atoms with Gasteiger partial charge in [0.2, 0.25) is 5.91 Å². The molecule has 0 radical (unpaired) electrons. The zero-order valence-electron chi connectivity index (χ0n) is 15.5. The van der Waals surface area contributed by atoms with Gasteiger partial charge in [0.25, 0.3) is 11.2 Å². The Kier molecular flexibility index (Phi) is 6.34. The summed E-state index contributed by atoms with van der Waals surface area (Å²) in [6.45, 7) is 1.23. The number of carbonyl (C=O) groups excluding carboxylic acids is 1. The van der Waals surface area contributed by atoms with Crippen LogP contribution in [0.5, 0.6) is 11.5 Å². The van der Waals surface area contributed by atoms with Gasteiger partial charge in [0.05, 0.1) is 31.4 Å². The molecule has 10 nitrogen and oxygen atoms in total. The third kappa shape index (κ3) is 4.45. The Morgan fingerprint density at radius 1 is 1.36 bits per heavy atom. The molecule has 1 aromatic carbocycles. The Morgan fingerprint density at radius 2 is 2.07 bits per heavy atom. The molecule has 0 saturated heterocycles. The Labute approximate surface area is 160 Å². The molecule has 0 fully saturated rings. The van der Waals surface area contributed by atoms with Crippen LogP contribution in [0.4, 0.5) is 5.69 Å². The van der Waals surface area contributed by atoms with E-state index in [4.69, 9.17) is 14.7 Å². The van der Waals surface area contributed by atoms with Gasteiger partial charge in [0, 0.05) is 11.6 Å². The van der Waals surface area contributed by atoms with Gasteiger partial charge in [0.1, 0.15) is 29.7 Å². The van der Waals surface area contributed by atoms with E-state index in [0.29, 0.717) is 17.1 Å². The van der Waals surface area contributed by atoms with Gasteiger partial charge in [-0.05, 0) is 25.1 Å². The van der Waals surface area contributed by atoms with Crippen molar-refractivity contribution in [3.63, 3.8) is 0 Å². The molecule has 1 aromatic heterocycles. The van der Waals surface area contributed by atoms with Gasteiger partial charge in [0.15, 0.2) is 0 Å². The topological polar surface area (TPSA) is 136 Å². The van der Waals surface area contributed by atoms with Crippen LogP contribution in [0.1, 0.15) is 24.1 Å². The number of amides is 1. The molecule has 1 N–H and O–H groups in total. The number of nitro groups is 1. The molecule has 1 amide bonds. The maximum atomic E-state index is 12.4. The highest BCUT2D eigenvalue weighted by Gasteiger charge is 2.18. The highest BCUT2D eigenvalue weighted by atomic mass is 16.6. The number of rotatable bonds is 7. The summed E-state index contributed by atoms with van der Waals surface area (Å²) in [5, 5.41) is 22.6. The van der Waals surface area contributed by atoms with Crippen molar-refractivity contribution in [2.45, 2.75) is 19.5 Å². The molecule has 2 aromatic rings. The summed E-state index contributed by atoms with van der Waals surface area (Å²) in [7, 11) is 3.00. The first-order valence-corrected chi connectivity index (χ1v) is 8.11. The van der Waals surface area contributed by atoms with Gasteiger partial charge in [-0.3, -0.25) is 24.3 Å². The molecule has 0 spiro atoms. The molecular weight excluding hydrogens is 368 g/mol. The predicted octanol–water partition coefficient (Wildman–Crippen LogP) is 1.52. The highest BCUT2D eigenvalue weighted by Crippen LogP contribution is 2.29. The number of benzene rings is 1. The molecule has 1 heterocycles. The fraction of sp³-hybridized carbons (Fsp3) is 0.278. The second-order valence-electron chi connectivity index (χ2n) is 5.81. The summed E-state index contributed by atoms with van der Waals surface area (Å²) >= 11 is 0. The van der Waals surface area contributed by atoms with Crippen LogP contribution in [0.15, 0.2) is 35.3 Å². The van der Waals surface area contributed by atoms with Crippen molar-refractivity contribution in [2.24, 2.45) is 0 Å². The number of nitrogens with zero attached hydrogens (tertiary/aromatic N) is 3. The van der Waals surface area contributed by atoms with E-state index >= 15 is 0 Å². The summed E-state index contributed by atoms with van der Waals surface area (Å²) < 4.78 is 11.3. The van der Waals surface area contributed by atoms with Crippen molar-refractivity contribution < 1.29 is 19.2 Å². The number of methoxy groups -OCH3 is 2. The van der Waals surface area contributed by atoms with E-state index in [1.807, 2.05) is 0 Å². The number of pyridine rings is 1. The Balaban J connectivity index is 2.25. The summed E-state index contributed by atoms with van der Waals surface area (Å²) in [4.78, 5) is 34.8. The van der Waals surface area contributed by atoms with E-state index in [2.05, 4.69) is 5.32 Å². The second-order valence-corrected chi connectivity index (χ2v) is 5.81. The third-order valence-electron chi connectivity index (χ3n) is 4.00. The van der Waals surface area contributed by atoms with E-state index in [0.717, 1.165) is 16.8 Å². The van der Waals surface area contributed by atoms with Crippen molar-refractivity contribution >= 4 is 11.6 Å². The lowest BCUT2D eigenvalue weighted by molar-refractivity contribution is -0.385. The number of nitriles is 1. The monoisotopic (exact) mass is 386 g/mol. The molecule has 10 heteroatoms. The van der Waals surface area contributed by atoms with E-state index < -0.39 is 40.2 Å². The maximum absolute atomic E-state index is 12.4. The number of nitrogens with one attached hydrogen (secondary N) is 1. The van der Waals surface area contributed by atoms with Crippen LogP contribution >= 0.6 is 0 Å². The number of ether oxygens (including phenoxy) is 2. The quantitative estimate of drug-likeness (QED) is 0.562. The molecule has 0 saturated carbocycles. The van der Waals surface area contributed by atoms with Crippen LogP contribution in [0.25, 0.3) is 0 Å². The lowest BCUT2D eigenvalue weighted by atomic mass is 10.1. The van der Waals surface area contributed by atoms with E-state index in [1.165, 1.54) is 14.2 Å². The molecule has 2 rings (SSSR count). The van der Waals surface area contributed by atoms with Crippen molar-refractivity contribution in [3.05, 3.63) is 62.1 Å². The number of hydrogen-bond donors (Lipinski definition) is 1. The molecule has 0 aliphatic heterocycles. The minimum absolute atomic E-state index is 0.412. The Morgan fingerprint density at radius 3 is 2.64 bits per heavy atom. The van der Waals surface area contributed by atoms with Crippen molar-refractivity contribution in [2.75, 3.05) is 14.2 Å². The molecule has 0 aliphatic rings. The Bertz CT molecular complexity index is 1010. The first kappa shape index (κ1) is 20.4. The summed E-state index contributed by atoms with van der Waals surface area (Å²) in [6, 6.07) is 7.09. The molecule has 146 valence electrons.